The zero-order valence-electron chi connectivity index (χ0n) is 3.24. The molecule has 0 radical (unpaired) electrons. The summed E-state index contributed by atoms with van der Waals surface area (Å²) in [7, 11) is 0. The highest BCUT2D eigenvalue weighted by Gasteiger charge is 2.29. The first-order valence-corrected chi connectivity index (χ1v) is 2.38. The smallest absolute Gasteiger partial charge is 0.0365 e. The monoisotopic (exact) mass is 90.0 g/mol. The van der Waals surface area contributed by atoms with Crippen molar-refractivity contribution < 1.29 is 0 Å². The van der Waals surface area contributed by atoms with Crippen LogP contribution in [0.25, 0.3) is 0 Å². The van der Waals surface area contributed by atoms with Gasteiger partial charge >= 0.3 is 0 Å². The van der Waals surface area contributed by atoms with E-state index in [2.05, 4.69) is 6.92 Å². The predicted molar refractivity (Wildman–Crippen MR) is 23.4 cm³/mol. The van der Waals surface area contributed by atoms with Crippen molar-refractivity contribution in [3.8, 4) is 0 Å². The van der Waals surface area contributed by atoms with Gasteiger partial charge in [-0.05, 0) is 12.3 Å². The molecule has 0 heterocycles. The molecule has 0 unspecified atom stereocenters. The molecule has 1 fully saturated rings. The topological polar surface area (TPSA) is 0 Å². The first-order chi connectivity index (χ1) is 2.30. The van der Waals surface area contributed by atoms with Crippen LogP contribution in [0.3, 0.4) is 0 Å². The average Bonchev–Trinajstić information content (AvgIpc) is 1.79. The normalized spacial score (nSPS) is 49.2. The summed E-state index contributed by atoms with van der Waals surface area (Å²) in [5.41, 5.74) is 0. The van der Waals surface area contributed by atoms with E-state index in [1.807, 2.05) is 0 Å². The molecule has 0 bridgehead atoms. The molecule has 5 heavy (non-hydrogen) atoms. The number of alkyl halides is 1. The maximum atomic E-state index is 5.54. The number of hydrogen-bond acceptors (Lipinski definition) is 0. The second-order valence-corrected chi connectivity index (χ2v) is 2.29. The Labute approximate surface area is 37.1 Å². The highest BCUT2D eigenvalue weighted by Crippen LogP contribution is 2.34. The van der Waals surface area contributed by atoms with Crippen LogP contribution in [0, 0.1) is 5.92 Å². The van der Waals surface area contributed by atoms with Crippen molar-refractivity contribution >= 4 is 11.6 Å². The molecule has 30 valence electrons. The van der Waals surface area contributed by atoms with Crippen molar-refractivity contribution in [2.75, 3.05) is 0 Å². The molecular weight excluding hydrogens is 83.5 g/mol. The lowest BCUT2D eigenvalue weighted by atomic mass is 10.5. The van der Waals surface area contributed by atoms with E-state index in [9.17, 15) is 0 Å². The average molecular weight is 90.6 g/mol. The van der Waals surface area contributed by atoms with Gasteiger partial charge in [0.25, 0.3) is 0 Å². The van der Waals surface area contributed by atoms with Gasteiger partial charge in [0.2, 0.25) is 0 Å². The molecule has 0 aromatic carbocycles. The molecular formula is C4H7Cl. The van der Waals surface area contributed by atoms with Crippen LogP contribution in [-0.4, -0.2) is 5.38 Å². The summed E-state index contributed by atoms with van der Waals surface area (Å²) >= 11 is 5.54. The van der Waals surface area contributed by atoms with Crippen LogP contribution in [0.1, 0.15) is 13.3 Å². The predicted octanol–water partition coefficient (Wildman–Crippen LogP) is 1.63. The molecule has 0 aliphatic heterocycles. The second kappa shape index (κ2) is 0.874. The van der Waals surface area contributed by atoms with E-state index in [-0.39, 0.29) is 0 Å². The second-order valence-electron chi connectivity index (χ2n) is 1.73. The van der Waals surface area contributed by atoms with Gasteiger partial charge in [0, 0.05) is 5.38 Å². The quantitative estimate of drug-likeness (QED) is 0.397. The molecule has 0 aromatic heterocycles. The molecule has 0 N–H and O–H groups in total. The van der Waals surface area contributed by atoms with Crippen LogP contribution in [0.4, 0.5) is 0 Å². The highest BCUT2D eigenvalue weighted by atomic mass is 35.5. The zero-order valence-corrected chi connectivity index (χ0v) is 4.00. The Hall–Kier alpha value is 0.290. The summed E-state index contributed by atoms with van der Waals surface area (Å²) in [6, 6.07) is 0. The fraction of sp³-hybridized carbons (Fsp3) is 1.00. The van der Waals surface area contributed by atoms with E-state index in [0.29, 0.717) is 5.38 Å². The fourth-order valence-electron chi connectivity index (χ4n) is 0.277. The van der Waals surface area contributed by atoms with Crippen molar-refractivity contribution in [1.29, 1.82) is 0 Å². The molecule has 0 amide bonds. The van der Waals surface area contributed by atoms with E-state index in [1.54, 1.807) is 0 Å². The fourth-order valence-corrected chi connectivity index (χ4v) is 0.558. The van der Waals surface area contributed by atoms with Crippen molar-refractivity contribution in [3.63, 3.8) is 0 Å². The molecule has 2 atom stereocenters. The van der Waals surface area contributed by atoms with Crippen molar-refractivity contribution in [2.45, 2.75) is 18.7 Å². The number of rotatable bonds is 0. The first-order valence-electron chi connectivity index (χ1n) is 1.95. The molecule has 1 aliphatic rings. The maximum Gasteiger partial charge on any atom is 0.0365 e. The van der Waals surface area contributed by atoms with Gasteiger partial charge in [-0.15, -0.1) is 11.6 Å². The summed E-state index contributed by atoms with van der Waals surface area (Å²) in [4.78, 5) is 0. The van der Waals surface area contributed by atoms with E-state index in [4.69, 9.17) is 11.6 Å². The van der Waals surface area contributed by atoms with Gasteiger partial charge in [-0.2, -0.15) is 0 Å². The minimum absolute atomic E-state index is 0.523. The van der Waals surface area contributed by atoms with Gasteiger partial charge in [-0.3, -0.25) is 0 Å². The SMILES string of the molecule is C[C@@H]1C[C@H]1Cl. The molecule has 1 aliphatic carbocycles. The number of halogens is 1. The Bertz CT molecular complexity index is 36.9. The molecule has 1 saturated carbocycles. The summed E-state index contributed by atoms with van der Waals surface area (Å²) in [6.07, 6.45) is 1.24. The minimum Gasteiger partial charge on any atom is -0.123 e. The van der Waals surface area contributed by atoms with Gasteiger partial charge in [0.1, 0.15) is 0 Å². The summed E-state index contributed by atoms with van der Waals surface area (Å²) in [6.45, 7) is 2.16. The van der Waals surface area contributed by atoms with Crippen molar-refractivity contribution in [1.82, 2.24) is 0 Å². The van der Waals surface area contributed by atoms with Crippen LogP contribution in [0.15, 0.2) is 0 Å². The lowest BCUT2D eigenvalue weighted by Crippen LogP contribution is -1.61. The zero-order chi connectivity index (χ0) is 3.86. The largest absolute Gasteiger partial charge is 0.123 e. The lowest BCUT2D eigenvalue weighted by molar-refractivity contribution is 0.985. The van der Waals surface area contributed by atoms with Crippen LogP contribution in [-0.2, 0) is 0 Å². The Morgan fingerprint density at radius 1 is 1.80 bits per heavy atom. The minimum atomic E-state index is 0.523. The molecule has 0 saturated heterocycles. The van der Waals surface area contributed by atoms with Gasteiger partial charge < -0.3 is 0 Å². The molecule has 0 nitrogen and oxygen atoms in total. The Balaban J connectivity index is 2.20. The first kappa shape index (κ1) is 3.48. The van der Waals surface area contributed by atoms with E-state index in [0.717, 1.165) is 5.92 Å². The third-order valence-corrected chi connectivity index (χ3v) is 1.62. The molecule has 0 aromatic rings. The van der Waals surface area contributed by atoms with Crippen LogP contribution in [0.5, 0.6) is 0 Å². The lowest BCUT2D eigenvalue weighted by Gasteiger charge is -1.64. The van der Waals surface area contributed by atoms with Gasteiger partial charge in [0.05, 0.1) is 0 Å². The molecule has 0 spiro atoms. The third-order valence-electron chi connectivity index (χ3n) is 1.01. The molecule has 1 heteroatoms. The van der Waals surface area contributed by atoms with Crippen LogP contribution in [0.2, 0.25) is 0 Å². The van der Waals surface area contributed by atoms with E-state index < -0.39 is 0 Å². The Morgan fingerprint density at radius 2 is 2.00 bits per heavy atom. The van der Waals surface area contributed by atoms with Gasteiger partial charge in [-0.25, -0.2) is 0 Å². The standard InChI is InChI=1S/C4H7Cl/c1-3-2-4(3)5/h3-4H,2H2,1H3/t3-,4-/m1/s1. The Morgan fingerprint density at radius 3 is 2.00 bits per heavy atom. The number of hydrogen-bond donors (Lipinski definition) is 0. The van der Waals surface area contributed by atoms with Crippen molar-refractivity contribution in [2.24, 2.45) is 5.92 Å². The molecule has 1 rings (SSSR count). The summed E-state index contributed by atoms with van der Waals surface area (Å²) in [5, 5.41) is 0.523. The maximum absolute atomic E-state index is 5.54. The van der Waals surface area contributed by atoms with Gasteiger partial charge in [-0.1, -0.05) is 6.92 Å². The summed E-state index contributed by atoms with van der Waals surface area (Å²) in [5.74, 6) is 0.816. The van der Waals surface area contributed by atoms with E-state index in [1.165, 1.54) is 6.42 Å². The van der Waals surface area contributed by atoms with E-state index >= 15 is 0 Å². The summed E-state index contributed by atoms with van der Waals surface area (Å²) < 4.78 is 0. The Kier molecular flexibility index (Phi) is 0.608. The van der Waals surface area contributed by atoms with Crippen molar-refractivity contribution in [3.05, 3.63) is 0 Å². The van der Waals surface area contributed by atoms with Crippen LogP contribution < -0.4 is 0 Å². The highest BCUT2D eigenvalue weighted by molar-refractivity contribution is 6.22. The van der Waals surface area contributed by atoms with Crippen LogP contribution >= 0.6 is 11.6 Å². The third kappa shape index (κ3) is 0.569. The van der Waals surface area contributed by atoms with Gasteiger partial charge in [0.15, 0.2) is 0 Å².